The number of ketones is 1. The zero-order chi connectivity index (χ0) is 18.0. The highest BCUT2D eigenvalue weighted by molar-refractivity contribution is 6.17. The van der Waals surface area contributed by atoms with Gasteiger partial charge in [-0.2, -0.15) is 0 Å². The van der Waals surface area contributed by atoms with Crippen LogP contribution in [-0.4, -0.2) is 36.1 Å². The summed E-state index contributed by atoms with van der Waals surface area (Å²) in [5.74, 6) is 2.00. The molecule has 4 saturated carbocycles. The second-order valence-corrected chi connectivity index (χ2v) is 10.1. The van der Waals surface area contributed by atoms with Gasteiger partial charge in [0.1, 0.15) is 5.78 Å². The van der Waals surface area contributed by atoms with Gasteiger partial charge in [-0.15, -0.1) is 11.6 Å². The molecule has 142 valence electrons. The van der Waals surface area contributed by atoms with Crippen LogP contribution in [0.3, 0.4) is 0 Å². The highest BCUT2D eigenvalue weighted by atomic mass is 35.5. The first-order chi connectivity index (χ1) is 11.9. The van der Waals surface area contributed by atoms with E-state index in [0.717, 1.165) is 38.5 Å². The van der Waals surface area contributed by atoms with Crippen LogP contribution in [0.25, 0.3) is 0 Å². The van der Waals surface area contributed by atoms with Gasteiger partial charge >= 0.3 is 0 Å². The Morgan fingerprint density at radius 1 is 1.28 bits per heavy atom. The molecule has 3 nitrogen and oxygen atoms in total. The third-order valence-electron chi connectivity index (χ3n) is 8.90. The Kier molecular flexibility index (Phi) is 4.34. The highest BCUT2D eigenvalue weighted by Gasteiger charge is 2.75. The number of hydrogen-bond donors (Lipinski definition) is 1. The van der Waals surface area contributed by atoms with Crippen molar-refractivity contribution in [1.82, 2.24) is 0 Å². The second kappa shape index (κ2) is 5.94. The Bertz CT molecular complexity index is 565. The zero-order valence-corrected chi connectivity index (χ0v) is 16.6. The maximum absolute atomic E-state index is 13.6. The fourth-order valence-electron chi connectivity index (χ4n) is 7.58. The van der Waals surface area contributed by atoms with Gasteiger partial charge in [-0.3, -0.25) is 4.79 Å². The lowest BCUT2D eigenvalue weighted by Crippen LogP contribution is -2.56. The third-order valence-corrected chi connectivity index (χ3v) is 9.17. The van der Waals surface area contributed by atoms with Crippen molar-refractivity contribution < 1.29 is 14.6 Å². The summed E-state index contributed by atoms with van der Waals surface area (Å²) in [4.78, 5) is 13.6. The summed E-state index contributed by atoms with van der Waals surface area (Å²) < 4.78 is 5.91. The maximum atomic E-state index is 13.6. The van der Waals surface area contributed by atoms with Crippen molar-refractivity contribution >= 4 is 17.4 Å². The Morgan fingerprint density at radius 3 is 2.68 bits per heavy atom. The fraction of sp³-hybridized carbons (Fsp3) is 0.952. The summed E-state index contributed by atoms with van der Waals surface area (Å²) >= 11 is 5.94. The summed E-state index contributed by atoms with van der Waals surface area (Å²) in [6.45, 7) is 4.27. The van der Waals surface area contributed by atoms with E-state index in [4.69, 9.17) is 16.3 Å². The number of carbonyl (C=O) groups is 1. The molecule has 0 aromatic rings. The molecule has 8 atom stereocenters. The van der Waals surface area contributed by atoms with E-state index >= 15 is 0 Å². The van der Waals surface area contributed by atoms with Crippen molar-refractivity contribution in [3.63, 3.8) is 0 Å². The van der Waals surface area contributed by atoms with Gasteiger partial charge in [0.2, 0.25) is 0 Å². The molecule has 0 heterocycles. The third kappa shape index (κ3) is 2.28. The molecule has 4 rings (SSSR count). The molecular weight excluding hydrogens is 336 g/mol. The minimum absolute atomic E-state index is 0.00656. The lowest BCUT2D eigenvalue weighted by atomic mass is 9.50. The largest absolute Gasteiger partial charge is 0.392 e. The lowest BCUT2D eigenvalue weighted by molar-refractivity contribution is -0.160. The van der Waals surface area contributed by atoms with Gasteiger partial charge < -0.3 is 9.84 Å². The van der Waals surface area contributed by atoms with E-state index in [0.29, 0.717) is 29.9 Å². The van der Waals surface area contributed by atoms with Crippen molar-refractivity contribution in [2.24, 2.45) is 34.0 Å². The first kappa shape index (κ1) is 18.3. The summed E-state index contributed by atoms with van der Waals surface area (Å²) in [7, 11) is 1.82. The lowest BCUT2D eigenvalue weighted by Gasteiger charge is -2.54. The van der Waals surface area contributed by atoms with Gasteiger partial charge in [0, 0.05) is 29.7 Å². The molecule has 1 N–H and O–H groups in total. The van der Waals surface area contributed by atoms with E-state index in [1.807, 2.05) is 7.11 Å². The molecular formula is C21H33ClO3. The van der Waals surface area contributed by atoms with Gasteiger partial charge in [0.05, 0.1) is 12.2 Å². The van der Waals surface area contributed by atoms with Gasteiger partial charge in [-0.05, 0) is 68.6 Å². The molecule has 0 saturated heterocycles. The zero-order valence-electron chi connectivity index (χ0n) is 15.9. The van der Waals surface area contributed by atoms with Gasteiger partial charge in [-0.1, -0.05) is 13.8 Å². The molecule has 0 aromatic carbocycles. The standard InChI is InChI=1S/C21H33ClO3/c1-13-18(24)19(2,7-4-10-22)12-16(23)21-11-14(21)5-8-20(13)9-6-15(25-3)17(20)21/h13-17,23H,4-12H2,1-3H3/t13-,14-,15+,16+,17?,19+,20?,21-/m0/s1. The van der Waals surface area contributed by atoms with Crippen molar-refractivity contribution in [2.75, 3.05) is 13.0 Å². The summed E-state index contributed by atoms with van der Waals surface area (Å²) in [6, 6.07) is 0. The molecule has 0 amide bonds. The van der Waals surface area contributed by atoms with Crippen LogP contribution < -0.4 is 0 Å². The summed E-state index contributed by atoms with van der Waals surface area (Å²) in [6.07, 6.45) is 7.64. The van der Waals surface area contributed by atoms with E-state index in [1.165, 1.54) is 6.42 Å². The molecule has 4 heteroatoms. The Hall–Kier alpha value is -0.120. The van der Waals surface area contributed by atoms with Crippen LogP contribution >= 0.6 is 11.6 Å². The molecule has 1 spiro atoms. The Labute approximate surface area is 156 Å². The number of alkyl halides is 1. The topological polar surface area (TPSA) is 46.5 Å². The first-order valence-electron chi connectivity index (χ1n) is 10.2. The molecule has 0 aliphatic heterocycles. The minimum atomic E-state index is -0.436. The van der Waals surface area contributed by atoms with Crippen LogP contribution in [0.2, 0.25) is 0 Å². The number of methoxy groups -OCH3 is 1. The number of hydrogen-bond acceptors (Lipinski definition) is 3. The smallest absolute Gasteiger partial charge is 0.142 e. The summed E-state index contributed by atoms with van der Waals surface area (Å²) in [5, 5.41) is 11.4. The Morgan fingerprint density at radius 2 is 2.00 bits per heavy atom. The molecule has 4 fully saturated rings. The average molecular weight is 369 g/mol. The molecule has 4 aliphatic carbocycles. The van der Waals surface area contributed by atoms with Crippen LogP contribution in [0, 0.1) is 34.0 Å². The van der Waals surface area contributed by atoms with E-state index in [-0.39, 0.29) is 29.0 Å². The van der Waals surface area contributed by atoms with E-state index in [1.54, 1.807) is 0 Å². The van der Waals surface area contributed by atoms with E-state index in [2.05, 4.69) is 13.8 Å². The number of rotatable bonds is 4. The fourth-order valence-corrected chi connectivity index (χ4v) is 7.72. The van der Waals surface area contributed by atoms with Crippen molar-refractivity contribution in [3.05, 3.63) is 0 Å². The number of ether oxygens (including phenoxy) is 1. The molecule has 0 radical (unpaired) electrons. The number of aliphatic hydroxyl groups is 1. The molecule has 0 aromatic heterocycles. The summed E-state index contributed by atoms with van der Waals surface area (Å²) in [5.41, 5.74) is -0.394. The van der Waals surface area contributed by atoms with Crippen LogP contribution in [-0.2, 0) is 9.53 Å². The normalized spacial score (nSPS) is 54.4. The molecule has 2 unspecified atom stereocenters. The number of Topliss-reactive ketones (excluding diaryl/α,β-unsaturated/α-hetero) is 1. The van der Waals surface area contributed by atoms with Crippen LogP contribution in [0.15, 0.2) is 0 Å². The van der Waals surface area contributed by atoms with Crippen molar-refractivity contribution in [2.45, 2.75) is 77.4 Å². The number of halogens is 1. The van der Waals surface area contributed by atoms with Crippen LogP contribution in [0.1, 0.15) is 65.2 Å². The highest BCUT2D eigenvalue weighted by Crippen LogP contribution is 2.77. The van der Waals surface area contributed by atoms with Crippen molar-refractivity contribution in [1.29, 1.82) is 0 Å². The van der Waals surface area contributed by atoms with Crippen LogP contribution in [0.5, 0.6) is 0 Å². The molecule has 4 aliphatic rings. The quantitative estimate of drug-likeness (QED) is 0.756. The maximum Gasteiger partial charge on any atom is 0.142 e. The predicted molar refractivity (Wildman–Crippen MR) is 98.6 cm³/mol. The average Bonchev–Trinajstić information content (AvgIpc) is 3.24. The van der Waals surface area contributed by atoms with E-state index in [9.17, 15) is 9.90 Å². The molecule has 25 heavy (non-hydrogen) atoms. The SMILES string of the molecule is CO[C@@H]1CCC23CC[C@H]4C[C@@]4(C12)[C@H](O)C[C@@](C)(CCCCl)C(=O)[C@@H]3C. The van der Waals surface area contributed by atoms with Gasteiger partial charge in [-0.25, -0.2) is 0 Å². The van der Waals surface area contributed by atoms with E-state index < -0.39 is 5.41 Å². The second-order valence-electron chi connectivity index (χ2n) is 9.73. The predicted octanol–water partition coefficient (Wildman–Crippen LogP) is 4.19. The first-order valence-corrected chi connectivity index (χ1v) is 10.7. The Balaban J connectivity index is 1.79. The van der Waals surface area contributed by atoms with Gasteiger partial charge in [0.25, 0.3) is 0 Å². The molecule has 2 bridgehead atoms. The van der Waals surface area contributed by atoms with Crippen LogP contribution in [0.4, 0.5) is 0 Å². The number of carbonyl (C=O) groups excluding carboxylic acids is 1. The minimum Gasteiger partial charge on any atom is -0.392 e. The monoisotopic (exact) mass is 368 g/mol. The van der Waals surface area contributed by atoms with Crippen molar-refractivity contribution in [3.8, 4) is 0 Å². The number of aliphatic hydroxyl groups excluding tert-OH is 1. The van der Waals surface area contributed by atoms with Gasteiger partial charge in [0.15, 0.2) is 0 Å².